The van der Waals surface area contributed by atoms with Gasteiger partial charge in [-0.3, -0.25) is 0 Å². The van der Waals surface area contributed by atoms with Crippen LogP contribution in [0.1, 0.15) is 10.4 Å². The van der Waals surface area contributed by atoms with Crippen molar-refractivity contribution in [1.29, 1.82) is 0 Å². The maximum Gasteiger partial charge on any atom is 0.339 e. The Morgan fingerprint density at radius 1 is 1.16 bits per heavy atom. The quantitative estimate of drug-likeness (QED) is 0.525. The van der Waals surface area contributed by atoms with Gasteiger partial charge in [0, 0.05) is 5.56 Å². The van der Waals surface area contributed by atoms with E-state index in [-0.39, 0.29) is 6.61 Å². The molecule has 0 atom stereocenters. The molecule has 25 heavy (non-hydrogen) atoms. The van der Waals surface area contributed by atoms with Crippen LogP contribution in [0.2, 0.25) is 0 Å². The number of rotatable bonds is 5. The molecule has 6 heteroatoms. The molecule has 0 radical (unpaired) electrons. The van der Waals surface area contributed by atoms with Gasteiger partial charge >= 0.3 is 5.97 Å². The summed E-state index contributed by atoms with van der Waals surface area (Å²) in [5, 5.41) is 0. The highest BCUT2D eigenvalue weighted by atomic mass is 16.5. The number of hydrogen-bond donors (Lipinski definition) is 0. The number of terminal acetylenes is 1. The summed E-state index contributed by atoms with van der Waals surface area (Å²) in [6, 6.07) is 10.2. The van der Waals surface area contributed by atoms with Gasteiger partial charge in [-0.1, -0.05) is 5.92 Å². The Hall–Kier alpha value is -3.46. The summed E-state index contributed by atoms with van der Waals surface area (Å²) < 4.78 is 21.2. The summed E-state index contributed by atoms with van der Waals surface area (Å²) >= 11 is 0. The fraction of sp³-hybridized carbons (Fsp3) is 0.158. The number of carbonyl (C=O) groups excluding carboxylic acids is 1. The third-order valence-electron chi connectivity index (χ3n) is 3.54. The van der Waals surface area contributed by atoms with Crippen molar-refractivity contribution in [2.24, 2.45) is 0 Å². The predicted octanol–water partition coefficient (Wildman–Crippen LogP) is 3.30. The van der Waals surface area contributed by atoms with Crippen LogP contribution in [0.15, 0.2) is 40.8 Å². The number of esters is 1. The lowest BCUT2D eigenvalue weighted by Crippen LogP contribution is -2.04. The summed E-state index contributed by atoms with van der Waals surface area (Å²) in [6.45, 7) is -0.0768. The second-order valence-corrected chi connectivity index (χ2v) is 5.05. The smallest absolute Gasteiger partial charge is 0.339 e. The molecular formula is C19H15NO5. The first kappa shape index (κ1) is 16.4. The van der Waals surface area contributed by atoms with Gasteiger partial charge in [0.2, 0.25) is 5.89 Å². The molecule has 0 bridgehead atoms. The number of oxazole rings is 1. The molecule has 1 heterocycles. The van der Waals surface area contributed by atoms with E-state index in [0.29, 0.717) is 34.1 Å². The molecule has 0 aliphatic carbocycles. The first-order chi connectivity index (χ1) is 12.2. The molecule has 126 valence electrons. The van der Waals surface area contributed by atoms with E-state index in [1.54, 1.807) is 44.6 Å². The van der Waals surface area contributed by atoms with Gasteiger partial charge in [-0.25, -0.2) is 9.78 Å². The molecule has 0 aliphatic heterocycles. The predicted molar refractivity (Wildman–Crippen MR) is 91.7 cm³/mol. The summed E-state index contributed by atoms with van der Waals surface area (Å²) in [4.78, 5) is 16.3. The van der Waals surface area contributed by atoms with Gasteiger partial charge in [0.05, 0.1) is 19.8 Å². The van der Waals surface area contributed by atoms with Gasteiger partial charge in [-0.15, -0.1) is 6.42 Å². The third-order valence-corrected chi connectivity index (χ3v) is 3.54. The zero-order chi connectivity index (χ0) is 17.8. The summed E-state index contributed by atoms with van der Waals surface area (Å²) in [5.74, 6) is 3.34. The third kappa shape index (κ3) is 3.26. The minimum Gasteiger partial charge on any atom is -0.493 e. The highest BCUT2D eigenvalue weighted by molar-refractivity contribution is 5.93. The number of methoxy groups -OCH3 is 2. The maximum atomic E-state index is 11.9. The van der Waals surface area contributed by atoms with Crippen molar-refractivity contribution >= 4 is 17.1 Å². The molecule has 0 aliphatic rings. The summed E-state index contributed by atoms with van der Waals surface area (Å²) in [7, 11) is 3.12. The second kappa shape index (κ2) is 6.97. The molecular weight excluding hydrogens is 322 g/mol. The lowest BCUT2D eigenvalue weighted by Gasteiger charge is -2.07. The number of fused-ring (bicyclic) bond motifs is 1. The Balaban J connectivity index is 1.96. The first-order valence-corrected chi connectivity index (χ1v) is 7.40. The van der Waals surface area contributed by atoms with Gasteiger partial charge < -0.3 is 18.6 Å². The monoisotopic (exact) mass is 337 g/mol. The minimum atomic E-state index is -0.504. The molecule has 0 saturated carbocycles. The zero-order valence-corrected chi connectivity index (χ0v) is 13.7. The fourth-order valence-corrected chi connectivity index (χ4v) is 2.34. The molecule has 0 unspecified atom stereocenters. The van der Waals surface area contributed by atoms with Gasteiger partial charge in [0.1, 0.15) is 5.52 Å². The average Bonchev–Trinajstić information content (AvgIpc) is 3.08. The van der Waals surface area contributed by atoms with Crippen molar-refractivity contribution in [3.05, 3.63) is 42.0 Å². The summed E-state index contributed by atoms with van der Waals surface area (Å²) in [6.07, 6.45) is 5.08. The van der Waals surface area contributed by atoms with E-state index in [1.165, 1.54) is 0 Å². The molecule has 2 aromatic carbocycles. The Morgan fingerprint density at radius 2 is 1.96 bits per heavy atom. The van der Waals surface area contributed by atoms with Crippen LogP contribution < -0.4 is 9.47 Å². The van der Waals surface area contributed by atoms with E-state index in [2.05, 4.69) is 10.9 Å². The van der Waals surface area contributed by atoms with E-state index < -0.39 is 5.97 Å². The van der Waals surface area contributed by atoms with E-state index in [4.69, 9.17) is 25.1 Å². The standard InChI is InChI=1S/C19H15NO5/c1-4-9-24-19(21)13-6-7-15-14(10-13)20-18(25-15)12-5-8-16(22-2)17(11-12)23-3/h1,5-8,10-11H,9H2,2-3H3. The van der Waals surface area contributed by atoms with Crippen molar-refractivity contribution in [2.75, 3.05) is 20.8 Å². The van der Waals surface area contributed by atoms with Gasteiger partial charge in [-0.05, 0) is 36.4 Å². The van der Waals surface area contributed by atoms with Crippen LogP contribution in [0.4, 0.5) is 0 Å². The number of benzene rings is 2. The van der Waals surface area contributed by atoms with Crippen LogP contribution in [0, 0.1) is 12.3 Å². The van der Waals surface area contributed by atoms with Crippen LogP contribution >= 0.6 is 0 Å². The number of aromatic nitrogens is 1. The van der Waals surface area contributed by atoms with E-state index in [9.17, 15) is 4.79 Å². The zero-order valence-electron chi connectivity index (χ0n) is 13.7. The van der Waals surface area contributed by atoms with Crippen molar-refractivity contribution in [3.8, 4) is 35.3 Å². The van der Waals surface area contributed by atoms with E-state index in [0.717, 1.165) is 5.56 Å². The highest BCUT2D eigenvalue weighted by Gasteiger charge is 2.14. The SMILES string of the molecule is C#CCOC(=O)c1ccc2oc(-c3ccc(OC)c(OC)c3)nc2c1. The molecule has 0 saturated heterocycles. The Bertz CT molecular complexity index is 968. The molecule has 3 aromatic rings. The first-order valence-electron chi connectivity index (χ1n) is 7.40. The molecule has 3 rings (SSSR count). The number of hydrogen-bond acceptors (Lipinski definition) is 6. The highest BCUT2D eigenvalue weighted by Crippen LogP contribution is 2.33. The lowest BCUT2D eigenvalue weighted by molar-refractivity contribution is 0.0557. The maximum absolute atomic E-state index is 11.9. The van der Waals surface area contributed by atoms with Gasteiger partial charge in [-0.2, -0.15) is 0 Å². The number of nitrogens with zero attached hydrogens (tertiary/aromatic N) is 1. The Labute approximate surface area is 144 Å². The van der Waals surface area contributed by atoms with Crippen molar-refractivity contribution in [3.63, 3.8) is 0 Å². The molecule has 0 fully saturated rings. The normalized spacial score (nSPS) is 10.3. The molecule has 1 aromatic heterocycles. The second-order valence-electron chi connectivity index (χ2n) is 5.05. The van der Waals surface area contributed by atoms with Crippen molar-refractivity contribution in [2.45, 2.75) is 0 Å². The van der Waals surface area contributed by atoms with Crippen LogP contribution in [-0.4, -0.2) is 31.8 Å². The molecule has 6 nitrogen and oxygen atoms in total. The van der Waals surface area contributed by atoms with Crippen LogP contribution in [0.5, 0.6) is 11.5 Å². The van der Waals surface area contributed by atoms with E-state index >= 15 is 0 Å². The topological polar surface area (TPSA) is 70.8 Å². The summed E-state index contributed by atoms with van der Waals surface area (Å²) in [5.41, 5.74) is 2.18. The Morgan fingerprint density at radius 3 is 2.68 bits per heavy atom. The van der Waals surface area contributed by atoms with E-state index in [1.807, 2.05) is 6.07 Å². The van der Waals surface area contributed by atoms with Crippen LogP contribution in [0.25, 0.3) is 22.6 Å². The number of ether oxygens (including phenoxy) is 3. The lowest BCUT2D eigenvalue weighted by atomic mass is 10.2. The molecule has 0 spiro atoms. The van der Waals surface area contributed by atoms with Crippen molar-refractivity contribution in [1.82, 2.24) is 4.98 Å². The van der Waals surface area contributed by atoms with Gasteiger partial charge in [0.15, 0.2) is 23.7 Å². The molecule has 0 N–H and O–H groups in total. The average molecular weight is 337 g/mol. The van der Waals surface area contributed by atoms with Crippen LogP contribution in [0.3, 0.4) is 0 Å². The number of carbonyl (C=O) groups is 1. The largest absolute Gasteiger partial charge is 0.493 e. The Kier molecular flexibility index (Phi) is 4.57. The minimum absolute atomic E-state index is 0.0768. The van der Waals surface area contributed by atoms with Gasteiger partial charge in [0.25, 0.3) is 0 Å². The molecule has 0 amide bonds. The van der Waals surface area contributed by atoms with Crippen LogP contribution in [-0.2, 0) is 4.74 Å². The van der Waals surface area contributed by atoms with Crippen molar-refractivity contribution < 1.29 is 23.4 Å². The fourth-order valence-electron chi connectivity index (χ4n) is 2.34.